The number of ether oxygens (including phenoxy) is 1. The molecule has 116 valence electrons. The van der Waals surface area contributed by atoms with E-state index in [9.17, 15) is 4.79 Å². The van der Waals surface area contributed by atoms with Crippen LogP contribution in [0.5, 0.6) is 0 Å². The van der Waals surface area contributed by atoms with Gasteiger partial charge in [-0.3, -0.25) is 0 Å². The number of thiophene rings is 1. The Morgan fingerprint density at radius 3 is 2.87 bits per heavy atom. The molecule has 0 aliphatic carbocycles. The Kier molecular flexibility index (Phi) is 4.58. The van der Waals surface area contributed by atoms with Crippen molar-refractivity contribution in [3.05, 3.63) is 57.8 Å². The van der Waals surface area contributed by atoms with Crippen molar-refractivity contribution in [1.29, 1.82) is 0 Å². The van der Waals surface area contributed by atoms with Gasteiger partial charge < -0.3 is 4.74 Å². The second kappa shape index (κ2) is 6.97. The molecule has 2 aromatic heterocycles. The summed E-state index contributed by atoms with van der Waals surface area (Å²) in [6, 6.07) is 12.1. The number of H-pyrrole nitrogens is 1. The van der Waals surface area contributed by atoms with Crippen LogP contribution in [0, 0.1) is 0 Å². The maximum Gasteiger partial charge on any atom is 0.330 e. The van der Waals surface area contributed by atoms with Crippen molar-refractivity contribution in [3.8, 4) is 11.4 Å². The minimum absolute atomic E-state index is 0.383. The lowest BCUT2D eigenvalue weighted by molar-refractivity contribution is -0.134. The summed E-state index contributed by atoms with van der Waals surface area (Å²) in [5.74, 6) is 0.232. The third-order valence-electron chi connectivity index (χ3n) is 3.22. The summed E-state index contributed by atoms with van der Waals surface area (Å²) in [6.45, 7) is 0. The zero-order valence-electron chi connectivity index (χ0n) is 12.4. The normalized spacial score (nSPS) is 11.0. The van der Waals surface area contributed by atoms with Gasteiger partial charge >= 0.3 is 5.97 Å². The summed E-state index contributed by atoms with van der Waals surface area (Å²) in [4.78, 5) is 13.3. The molecule has 7 heteroatoms. The van der Waals surface area contributed by atoms with Crippen molar-refractivity contribution < 1.29 is 9.53 Å². The van der Waals surface area contributed by atoms with Crippen LogP contribution in [0.2, 0.25) is 0 Å². The van der Waals surface area contributed by atoms with Gasteiger partial charge in [0.2, 0.25) is 0 Å². The van der Waals surface area contributed by atoms with E-state index < -0.39 is 0 Å². The van der Waals surface area contributed by atoms with E-state index in [-0.39, 0.29) is 5.97 Å². The predicted molar refractivity (Wildman–Crippen MR) is 87.8 cm³/mol. The second-order valence-corrected chi connectivity index (χ2v) is 5.92. The molecule has 0 saturated heterocycles. The molecule has 3 aromatic rings. The van der Waals surface area contributed by atoms with E-state index in [2.05, 4.69) is 37.5 Å². The number of nitrogens with one attached hydrogen (secondary N) is 1. The summed E-state index contributed by atoms with van der Waals surface area (Å²) < 4.78 is 4.62. The molecule has 0 unspecified atom stereocenters. The van der Waals surface area contributed by atoms with Crippen molar-refractivity contribution in [3.63, 3.8) is 0 Å². The van der Waals surface area contributed by atoms with Crippen molar-refractivity contribution in [2.75, 3.05) is 7.11 Å². The molecular weight excluding hydrogens is 312 g/mol. The van der Waals surface area contributed by atoms with E-state index in [0.29, 0.717) is 5.82 Å². The SMILES string of the molecule is COC(=O)C=Cc1cc(-c2nnn[nH]2)c(Cc2ccccc2)s1. The number of hydrogen-bond donors (Lipinski definition) is 1. The third-order valence-corrected chi connectivity index (χ3v) is 4.32. The van der Waals surface area contributed by atoms with Crippen LogP contribution in [-0.4, -0.2) is 33.7 Å². The third kappa shape index (κ3) is 3.70. The highest BCUT2D eigenvalue weighted by atomic mass is 32.1. The molecule has 0 spiro atoms. The Bertz CT molecular complexity index is 810. The van der Waals surface area contributed by atoms with E-state index >= 15 is 0 Å². The lowest BCUT2D eigenvalue weighted by atomic mass is 10.1. The van der Waals surface area contributed by atoms with Crippen LogP contribution < -0.4 is 0 Å². The fourth-order valence-corrected chi connectivity index (χ4v) is 3.24. The number of tetrazole rings is 1. The lowest BCUT2D eigenvalue weighted by Gasteiger charge is -2.00. The lowest BCUT2D eigenvalue weighted by Crippen LogP contribution is -1.92. The minimum atomic E-state index is -0.383. The fraction of sp³-hybridized carbons (Fsp3) is 0.125. The molecule has 0 amide bonds. The molecule has 23 heavy (non-hydrogen) atoms. The molecule has 0 bridgehead atoms. The monoisotopic (exact) mass is 326 g/mol. The van der Waals surface area contributed by atoms with Crippen molar-refractivity contribution in [1.82, 2.24) is 20.6 Å². The van der Waals surface area contributed by atoms with Crippen LogP contribution >= 0.6 is 11.3 Å². The van der Waals surface area contributed by atoms with Gasteiger partial charge in [0.1, 0.15) is 0 Å². The Labute approximate surface area is 136 Å². The summed E-state index contributed by atoms with van der Waals surface area (Å²) in [7, 11) is 1.35. The summed E-state index contributed by atoms with van der Waals surface area (Å²) >= 11 is 1.59. The minimum Gasteiger partial charge on any atom is -0.466 e. The average molecular weight is 326 g/mol. The number of esters is 1. The quantitative estimate of drug-likeness (QED) is 0.576. The molecular formula is C16H14N4O2S. The number of rotatable bonds is 5. The van der Waals surface area contributed by atoms with Crippen molar-refractivity contribution >= 4 is 23.4 Å². The zero-order chi connectivity index (χ0) is 16.1. The molecule has 0 aliphatic rings. The smallest absolute Gasteiger partial charge is 0.330 e. The van der Waals surface area contributed by atoms with Crippen LogP contribution in [0.3, 0.4) is 0 Å². The number of carbonyl (C=O) groups is 1. The highest BCUT2D eigenvalue weighted by Crippen LogP contribution is 2.32. The maximum atomic E-state index is 11.3. The average Bonchev–Trinajstić information content (AvgIpc) is 3.23. The first kappa shape index (κ1) is 15.1. The number of hydrogen-bond acceptors (Lipinski definition) is 6. The molecule has 1 N–H and O–H groups in total. The van der Waals surface area contributed by atoms with E-state index in [1.165, 1.54) is 18.7 Å². The van der Waals surface area contributed by atoms with Crippen LogP contribution in [0.15, 0.2) is 42.5 Å². The first-order chi connectivity index (χ1) is 11.3. The van der Waals surface area contributed by atoms with Crippen LogP contribution in [0.1, 0.15) is 15.3 Å². The molecule has 2 heterocycles. The highest BCUT2D eigenvalue weighted by molar-refractivity contribution is 7.13. The summed E-state index contributed by atoms with van der Waals surface area (Å²) in [6.07, 6.45) is 3.91. The molecule has 0 saturated carbocycles. The molecule has 0 atom stereocenters. The van der Waals surface area contributed by atoms with Gasteiger partial charge in [-0.2, -0.15) is 0 Å². The number of nitrogens with zero attached hydrogens (tertiary/aromatic N) is 3. The van der Waals surface area contributed by atoms with Gasteiger partial charge in [0.25, 0.3) is 0 Å². The number of carbonyl (C=O) groups excluding carboxylic acids is 1. The van der Waals surface area contributed by atoms with Gasteiger partial charge in [0.05, 0.1) is 7.11 Å². The Hall–Kier alpha value is -2.80. The molecule has 0 fully saturated rings. The molecule has 1 aromatic carbocycles. The van der Waals surface area contributed by atoms with E-state index in [1.54, 1.807) is 17.4 Å². The van der Waals surface area contributed by atoms with Gasteiger partial charge in [0, 0.05) is 27.8 Å². The molecule has 0 aliphatic heterocycles. The number of benzene rings is 1. The Balaban J connectivity index is 1.94. The highest BCUT2D eigenvalue weighted by Gasteiger charge is 2.13. The topological polar surface area (TPSA) is 80.8 Å². The first-order valence-electron chi connectivity index (χ1n) is 6.93. The van der Waals surface area contributed by atoms with E-state index in [0.717, 1.165) is 21.7 Å². The molecule has 3 rings (SSSR count). The van der Waals surface area contributed by atoms with Crippen LogP contribution in [-0.2, 0) is 16.0 Å². The summed E-state index contributed by atoms with van der Waals surface area (Å²) in [5, 5.41) is 14.0. The first-order valence-corrected chi connectivity index (χ1v) is 7.74. The van der Waals surface area contributed by atoms with Gasteiger partial charge in [-0.05, 0) is 28.1 Å². The Morgan fingerprint density at radius 1 is 1.35 bits per heavy atom. The zero-order valence-corrected chi connectivity index (χ0v) is 13.2. The van der Waals surface area contributed by atoms with Crippen molar-refractivity contribution in [2.24, 2.45) is 0 Å². The number of methoxy groups -OCH3 is 1. The van der Waals surface area contributed by atoms with Crippen molar-refractivity contribution in [2.45, 2.75) is 6.42 Å². The second-order valence-electron chi connectivity index (χ2n) is 4.75. The molecule has 0 radical (unpaired) electrons. The van der Waals surface area contributed by atoms with Crippen LogP contribution in [0.4, 0.5) is 0 Å². The van der Waals surface area contributed by atoms with E-state index in [1.807, 2.05) is 24.3 Å². The van der Waals surface area contributed by atoms with Crippen LogP contribution in [0.25, 0.3) is 17.5 Å². The largest absolute Gasteiger partial charge is 0.466 e. The van der Waals surface area contributed by atoms with Gasteiger partial charge in [-0.25, -0.2) is 9.89 Å². The predicted octanol–water partition coefficient (Wildman–Crippen LogP) is 2.71. The van der Waals surface area contributed by atoms with Gasteiger partial charge in [-0.1, -0.05) is 30.3 Å². The molecule has 6 nitrogen and oxygen atoms in total. The number of aromatic amines is 1. The van der Waals surface area contributed by atoms with Gasteiger partial charge in [0.15, 0.2) is 5.82 Å². The maximum absolute atomic E-state index is 11.3. The van der Waals surface area contributed by atoms with Gasteiger partial charge in [-0.15, -0.1) is 16.4 Å². The standard InChI is InChI=1S/C16H14N4O2S/c1-22-15(21)8-7-12-10-13(16-17-19-20-18-16)14(23-12)9-11-5-3-2-4-6-11/h2-8,10H,9H2,1H3,(H,17,18,19,20). The Morgan fingerprint density at radius 2 is 2.17 bits per heavy atom. The number of aromatic nitrogens is 4. The fourth-order valence-electron chi connectivity index (χ4n) is 2.14. The van der Waals surface area contributed by atoms with E-state index in [4.69, 9.17) is 0 Å². The summed E-state index contributed by atoms with van der Waals surface area (Å²) in [5.41, 5.74) is 2.14.